The highest BCUT2D eigenvalue weighted by molar-refractivity contribution is 9.10. The fourth-order valence-electron chi connectivity index (χ4n) is 2.54. The third kappa shape index (κ3) is 3.59. The monoisotopic (exact) mass is 431 g/mol. The molecule has 0 aliphatic carbocycles. The molecule has 0 radical (unpaired) electrons. The molecule has 0 saturated carbocycles. The number of hydrogen-bond acceptors (Lipinski definition) is 5. The average molecular weight is 432 g/mol. The standard InChI is InChI=1S/C19H11BrFNO3S/c20-13-3-6-15-12(7-18(23)24-16(15)8-13)10-26-19-22-9-17(25-19)11-1-4-14(21)5-2-11/h1-9H,10H2. The zero-order valence-corrected chi connectivity index (χ0v) is 15.6. The average Bonchev–Trinajstić information content (AvgIpc) is 3.08. The van der Waals surface area contributed by atoms with Crippen LogP contribution in [0.15, 0.2) is 78.1 Å². The molecule has 4 nitrogen and oxygen atoms in total. The fraction of sp³-hybridized carbons (Fsp3) is 0.0526. The molecule has 0 bridgehead atoms. The molecule has 26 heavy (non-hydrogen) atoms. The second-order valence-electron chi connectivity index (χ2n) is 5.52. The summed E-state index contributed by atoms with van der Waals surface area (Å²) in [5, 5.41) is 1.34. The van der Waals surface area contributed by atoms with E-state index in [0.717, 1.165) is 21.0 Å². The van der Waals surface area contributed by atoms with Gasteiger partial charge in [-0.3, -0.25) is 0 Å². The Balaban J connectivity index is 1.57. The van der Waals surface area contributed by atoms with Crippen molar-refractivity contribution in [1.29, 1.82) is 0 Å². The van der Waals surface area contributed by atoms with E-state index in [2.05, 4.69) is 20.9 Å². The smallest absolute Gasteiger partial charge is 0.336 e. The van der Waals surface area contributed by atoms with Crippen LogP contribution in [0.25, 0.3) is 22.3 Å². The van der Waals surface area contributed by atoms with Gasteiger partial charge in [-0.15, -0.1) is 0 Å². The summed E-state index contributed by atoms with van der Waals surface area (Å²) in [7, 11) is 0. The van der Waals surface area contributed by atoms with Crippen molar-refractivity contribution in [3.63, 3.8) is 0 Å². The number of aromatic nitrogens is 1. The van der Waals surface area contributed by atoms with Crippen molar-refractivity contribution in [2.24, 2.45) is 0 Å². The quantitative estimate of drug-likeness (QED) is 0.309. The Morgan fingerprint density at radius 3 is 2.69 bits per heavy atom. The summed E-state index contributed by atoms with van der Waals surface area (Å²) in [6, 6.07) is 13.1. The van der Waals surface area contributed by atoms with Gasteiger partial charge in [0.25, 0.3) is 5.22 Å². The van der Waals surface area contributed by atoms with Crippen LogP contribution in [-0.2, 0) is 5.75 Å². The minimum absolute atomic E-state index is 0.302. The zero-order valence-electron chi connectivity index (χ0n) is 13.2. The topological polar surface area (TPSA) is 56.2 Å². The highest BCUT2D eigenvalue weighted by atomic mass is 79.9. The maximum Gasteiger partial charge on any atom is 0.336 e. The van der Waals surface area contributed by atoms with E-state index in [-0.39, 0.29) is 5.82 Å². The molecule has 130 valence electrons. The van der Waals surface area contributed by atoms with Gasteiger partial charge in [-0.1, -0.05) is 27.7 Å². The Morgan fingerprint density at radius 2 is 1.88 bits per heavy atom. The Bertz CT molecular complexity index is 1140. The number of rotatable bonds is 4. The van der Waals surface area contributed by atoms with Gasteiger partial charge in [0.1, 0.15) is 11.4 Å². The van der Waals surface area contributed by atoms with Gasteiger partial charge in [0.05, 0.1) is 6.20 Å². The van der Waals surface area contributed by atoms with Crippen LogP contribution in [0, 0.1) is 5.82 Å². The molecule has 0 fully saturated rings. The van der Waals surface area contributed by atoms with E-state index in [1.165, 1.54) is 30.0 Å². The van der Waals surface area contributed by atoms with E-state index in [0.29, 0.717) is 22.3 Å². The fourth-order valence-corrected chi connectivity index (χ4v) is 3.67. The number of halogens is 2. The van der Waals surface area contributed by atoms with Crippen LogP contribution in [0.3, 0.4) is 0 Å². The normalized spacial score (nSPS) is 11.2. The Morgan fingerprint density at radius 1 is 1.08 bits per heavy atom. The van der Waals surface area contributed by atoms with E-state index >= 15 is 0 Å². The maximum absolute atomic E-state index is 13.0. The predicted molar refractivity (Wildman–Crippen MR) is 102 cm³/mol. The van der Waals surface area contributed by atoms with Crippen molar-refractivity contribution in [3.05, 3.63) is 81.0 Å². The molecular formula is C19H11BrFNO3S. The summed E-state index contributed by atoms with van der Waals surface area (Å²) in [4.78, 5) is 16.0. The van der Waals surface area contributed by atoms with Crippen molar-refractivity contribution < 1.29 is 13.2 Å². The van der Waals surface area contributed by atoms with E-state index in [1.807, 2.05) is 12.1 Å². The summed E-state index contributed by atoms with van der Waals surface area (Å²) in [5.74, 6) is 0.769. The lowest BCUT2D eigenvalue weighted by Gasteiger charge is -2.04. The lowest BCUT2D eigenvalue weighted by Crippen LogP contribution is -1.99. The SMILES string of the molecule is O=c1cc(CSc2ncc(-c3ccc(F)cc3)o2)c2ccc(Br)cc2o1. The van der Waals surface area contributed by atoms with E-state index in [4.69, 9.17) is 8.83 Å². The van der Waals surface area contributed by atoms with Crippen molar-refractivity contribution in [2.45, 2.75) is 11.0 Å². The van der Waals surface area contributed by atoms with Crippen LogP contribution in [0.2, 0.25) is 0 Å². The lowest BCUT2D eigenvalue weighted by atomic mass is 10.1. The third-order valence-electron chi connectivity index (χ3n) is 3.76. The number of oxazole rings is 1. The molecule has 2 aromatic heterocycles. The summed E-state index contributed by atoms with van der Waals surface area (Å²) >= 11 is 4.75. The number of benzene rings is 2. The maximum atomic E-state index is 13.0. The number of nitrogens with zero attached hydrogens (tertiary/aromatic N) is 1. The van der Waals surface area contributed by atoms with Gasteiger partial charge < -0.3 is 8.83 Å². The third-order valence-corrected chi connectivity index (χ3v) is 5.14. The van der Waals surface area contributed by atoms with Gasteiger partial charge in [0.2, 0.25) is 0 Å². The molecular weight excluding hydrogens is 421 g/mol. The molecule has 7 heteroatoms. The van der Waals surface area contributed by atoms with Crippen molar-refractivity contribution >= 4 is 38.7 Å². The minimum Gasteiger partial charge on any atom is -0.431 e. The van der Waals surface area contributed by atoms with Gasteiger partial charge in [-0.25, -0.2) is 14.2 Å². The first kappa shape index (κ1) is 17.1. The molecule has 0 aliphatic rings. The largest absolute Gasteiger partial charge is 0.431 e. The number of fused-ring (bicyclic) bond motifs is 1. The molecule has 4 rings (SSSR count). The summed E-state index contributed by atoms with van der Waals surface area (Å²) in [5.41, 5.74) is 1.73. The van der Waals surface area contributed by atoms with E-state index in [9.17, 15) is 9.18 Å². The molecule has 0 aliphatic heterocycles. The van der Waals surface area contributed by atoms with Gasteiger partial charge in [-0.05, 0) is 48.0 Å². The molecule has 2 heterocycles. The van der Waals surface area contributed by atoms with Crippen molar-refractivity contribution in [2.75, 3.05) is 0 Å². The molecule has 0 spiro atoms. The molecule has 4 aromatic rings. The van der Waals surface area contributed by atoms with Crippen molar-refractivity contribution in [1.82, 2.24) is 4.98 Å². The zero-order chi connectivity index (χ0) is 18.1. The Kier molecular flexibility index (Phi) is 4.65. The molecule has 0 N–H and O–H groups in total. The highest BCUT2D eigenvalue weighted by Crippen LogP contribution is 2.30. The molecule has 0 atom stereocenters. The second kappa shape index (κ2) is 7.09. The minimum atomic E-state index is -0.398. The summed E-state index contributed by atoms with van der Waals surface area (Å²) < 4.78 is 24.8. The second-order valence-corrected chi connectivity index (χ2v) is 7.36. The first-order chi connectivity index (χ1) is 12.6. The van der Waals surface area contributed by atoms with Crippen LogP contribution in [-0.4, -0.2) is 4.98 Å². The van der Waals surface area contributed by atoms with Crippen LogP contribution in [0.4, 0.5) is 4.39 Å². The highest BCUT2D eigenvalue weighted by Gasteiger charge is 2.11. The summed E-state index contributed by atoms with van der Waals surface area (Å²) in [6.07, 6.45) is 1.60. The predicted octanol–water partition coefficient (Wildman–Crippen LogP) is 5.64. The summed E-state index contributed by atoms with van der Waals surface area (Å²) in [6.45, 7) is 0. The Labute approximate surface area is 160 Å². The van der Waals surface area contributed by atoms with Crippen molar-refractivity contribution in [3.8, 4) is 11.3 Å². The molecule has 0 saturated heterocycles. The van der Waals surface area contributed by atoms with Crippen LogP contribution >= 0.6 is 27.7 Å². The van der Waals surface area contributed by atoms with Gasteiger partial charge in [-0.2, -0.15) is 0 Å². The van der Waals surface area contributed by atoms with Gasteiger partial charge in [0, 0.05) is 27.2 Å². The van der Waals surface area contributed by atoms with Gasteiger partial charge >= 0.3 is 5.63 Å². The number of hydrogen-bond donors (Lipinski definition) is 0. The van der Waals surface area contributed by atoms with Gasteiger partial charge in [0.15, 0.2) is 5.76 Å². The van der Waals surface area contributed by atoms with Crippen LogP contribution in [0.1, 0.15) is 5.56 Å². The first-order valence-corrected chi connectivity index (χ1v) is 9.43. The molecule has 2 aromatic carbocycles. The molecule has 0 unspecified atom stereocenters. The first-order valence-electron chi connectivity index (χ1n) is 7.65. The lowest BCUT2D eigenvalue weighted by molar-refractivity contribution is 0.466. The van der Waals surface area contributed by atoms with Crippen LogP contribution in [0.5, 0.6) is 0 Å². The Hall–Kier alpha value is -2.38. The van der Waals surface area contributed by atoms with E-state index in [1.54, 1.807) is 24.4 Å². The molecule has 0 amide bonds. The van der Waals surface area contributed by atoms with E-state index < -0.39 is 5.63 Å². The van der Waals surface area contributed by atoms with Crippen LogP contribution < -0.4 is 5.63 Å². The number of thioether (sulfide) groups is 1.